The van der Waals surface area contributed by atoms with Crippen molar-refractivity contribution in [2.75, 3.05) is 17.7 Å². The van der Waals surface area contributed by atoms with Gasteiger partial charge in [0.2, 0.25) is 10.3 Å². The first-order valence-electron chi connectivity index (χ1n) is 10.7. The van der Waals surface area contributed by atoms with Gasteiger partial charge in [-0.05, 0) is 55.2 Å². The molecule has 0 saturated carbocycles. The lowest BCUT2D eigenvalue weighted by atomic mass is 9.93. The molecule has 0 fully saturated rings. The summed E-state index contributed by atoms with van der Waals surface area (Å²) in [4.78, 5) is 12.7. The molecule has 1 amide bonds. The van der Waals surface area contributed by atoms with Gasteiger partial charge in [-0.2, -0.15) is 10.2 Å². The number of benzene rings is 1. The Balaban J connectivity index is 1.38. The van der Waals surface area contributed by atoms with E-state index in [2.05, 4.69) is 41.8 Å². The van der Waals surface area contributed by atoms with Crippen LogP contribution in [0.4, 0.5) is 27.8 Å². The maximum atomic E-state index is 14.3. The highest BCUT2D eigenvalue weighted by Gasteiger charge is 2.32. The molecule has 0 radical (unpaired) electrons. The zero-order valence-corrected chi connectivity index (χ0v) is 19.6. The van der Waals surface area contributed by atoms with Gasteiger partial charge in [0.15, 0.2) is 6.10 Å². The summed E-state index contributed by atoms with van der Waals surface area (Å²) in [6.45, 7) is 0. The zero-order valence-electron chi connectivity index (χ0n) is 18.8. The van der Waals surface area contributed by atoms with Gasteiger partial charge >= 0.3 is 6.36 Å². The second-order valence-electron chi connectivity index (χ2n) is 7.70. The number of methoxy groups -OCH3 is 1. The SMILES string of the molecule is COC(C(=O)Nc1nnc(N[C@@H]2CC=C(c3cccnn3)CC2)s1)c1cc(OC(F)(F)F)ccc1F. The molecule has 0 spiro atoms. The fraction of sp³-hybridized carbons (Fsp3) is 0.318. The Hall–Kier alpha value is -3.65. The summed E-state index contributed by atoms with van der Waals surface area (Å²) in [6, 6.07) is 6.16. The van der Waals surface area contributed by atoms with Gasteiger partial charge in [0.25, 0.3) is 5.91 Å². The van der Waals surface area contributed by atoms with E-state index in [0.717, 1.165) is 67.2 Å². The molecule has 2 atom stereocenters. The number of hydrogen-bond acceptors (Lipinski definition) is 9. The first-order valence-corrected chi connectivity index (χ1v) is 11.5. The molecule has 0 bridgehead atoms. The van der Waals surface area contributed by atoms with Crippen LogP contribution in [0.1, 0.15) is 36.6 Å². The van der Waals surface area contributed by atoms with Gasteiger partial charge in [0.1, 0.15) is 11.6 Å². The molecular formula is C22H20F4N6O3S. The van der Waals surface area contributed by atoms with Crippen molar-refractivity contribution >= 4 is 33.1 Å². The van der Waals surface area contributed by atoms with E-state index in [-0.39, 0.29) is 11.2 Å². The van der Waals surface area contributed by atoms with Gasteiger partial charge in [0.05, 0.1) is 5.69 Å². The van der Waals surface area contributed by atoms with E-state index < -0.39 is 35.5 Å². The van der Waals surface area contributed by atoms with Crippen LogP contribution in [0.5, 0.6) is 5.75 Å². The highest BCUT2D eigenvalue weighted by molar-refractivity contribution is 7.19. The third-order valence-electron chi connectivity index (χ3n) is 5.25. The predicted octanol–water partition coefficient (Wildman–Crippen LogP) is 4.74. The summed E-state index contributed by atoms with van der Waals surface area (Å²) < 4.78 is 60.7. The van der Waals surface area contributed by atoms with Crippen LogP contribution < -0.4 is 15.4 Å². The number of amides is 1. The maximum Gasteiger partial charge on any atom is 0.573 e. The van der Waals surface area contributed by atoms with E-state index >= 15 is 0 Å². The lowest BCUT2D eigenvalue weighted by molar-refractivity contribution is -0.274. The monoisotopic (exact) mass is 524 g/mol. The van der Waals surface area contributed by atoms with Gasteiger partial charge in [-0.15, -0.1) is 23.4 Å². The molecule has 36 heavy (non-hydrogen) atoms. The number of aromatic nitrogens is 4. The average Bonchev–Trinajstić information content (AvgIpc) is 3.28. The zero-order chi connectivity index (χ0) is 25.7. The number of nitrogens with one attached hydrogen (secondary N) is 2. The smallest absolute Gasteiger partial charge is 0.406 e. The Morgan fingerprint density at radius 2 is 2.00 bits per heavy atom. The molecule has 9 nitrogen and oxygen atoms in total. The quantitative estimate of drug-likeness (QED) is 0.407. The minimum absolute atomic E-state index is 0.0964. The first-order chi connectivity index (χ1) is 17.2. The number of nitrogens with zero attached hydrogens (tertiary/aromatic N) is 4. The Morgan fingerprint density at radius 1 is 1.19 bits per heavy atom. The minimum Gasteiger partial charge on any atom is -0.406 e. The number of anilines is 2. The van der Waals surface area contributed by atoms with Crippen molar-refractivity contribution in [3.05, 3.63) is 59.7 Å². The Bertz CT molecular complexity index is 1240. The third-order valence-corrected chi connectivity index (χ3v) is 6.02. The molecule has 3 aromatic rings. The number of allylic oxidation sites excluding steroid dienone is 1. The van der Waals surface area contributed by atoms with E-state index in [1.165, 1.54) is 0 Å². The maximum absolute atomic E-state index is 14.3. The average molecular weight is 525 g/mol. The topological polar surface area (TPSA) is 111 Å². The number of hydrogen-bond donors (Lipinski definition) is 2. The van der Waals surface area contributed by atoms with Crippen LogP contribution in [0.15, 0.2) is 42.6 Å². The number of carbonyl (C=O) groups excluding carboxylic acids is 1. The summed E-state index contributed by atoms with van der Waals surface area (Å²) >= 11 is 1.06. The lowest BCUT2D eigenvalue weighted by Gasteiger charge is -2.22. The summed E-state index contributed by atoms with van der Waals surface area (Å²) in [5.74, 6) is -2.45. The van der Waals surface area contributed by atoms with Gasteiger partial charge in [0, 0.05) is 24.9 Å². The van der Waals surface area contributed by atoms with E-state index in [0.29, 0.717) is 5.13 Å². The van der Waals surface area contributed by atoms with Crippen molar-refractivity contribution in [2.24, 2.45) is 0 Å². The lowest BCUT2D eigenvalue weighted by Crippen LogP contribution is -2.24. The van der Waals surface area contributed by atoms with Gasteiger partial charge in [-0.3, -0.25) is 10.1 Å². The number of ether oxygens (including phenoxy) is 2. The van der Waals surface area contributed by atoms with Crippen molar-refractivity contribution in [3.63, 3.8) is 0 Å². The van der Waals surface area contributed by atoms with Crippen LogP contribution in [0, 0.1) is 5.82 Å². The van der Waals surface area contributed by atoms with Crippen LogP contribution >= 0.6 is 11.3 Å². The highest BCUT2D eigenvalue weighted by Crippen LogP contribution is 2.31. The fourth-order valence-corrected chi connectivity index (χ4v) is 4.37. The molecule has 1 aromatic carbocycles. The summed E-state index contributed by atoms with van der Waals surface area (Å²) in [7, 11) is 1.12. The molecule has 2 heterocycles. The van der Waals surface area contributed by atoms with Gasteiger partial charge in [-0.1, -0.05) is 17.4 Å². The largest absolute Gasteiger partial charge is 0.573 e. The van der Waals surface area contributed by atoms with E-state index in [9.17, 15) is 22.4 Å². The standard InChI is InChI=1S/C22H20F4N6O3S/c1-34-18(15-11-14(8-9-16(15)23)35-22(24,25)26)19(33)29-21-32-31-20(36-21)28-13-6-4-12(5-7-13)17-3-2-10-27-30-17/h2-4,8-11,13,18H,5-7H2,1H3,(H,28,31)(H,29,32,33)/t13-,18?/m1/s1. The molecular weight excluding hydrogens is 504 g/mol. The van der Waals surface area contributed by atoms with Crippen LogP contribution in [0.2, 0.25) is 0 Å². The Morgan fingerprint density at radius 3 is 2.67 bits per heavy atom. The molecule has 1 aliphatic rings. The number of halogens is 4. The third kappa shape index (κ3) is 6.51. The first kappa shape index (κ1) is 25.4. The molecule has 0 aliphatic heterocycles. The van der Waals surface area contributed by atoms with E-state index in [4.69, 9.17) is 4.74 Å². The number of carbonyl (C=O) groups is 1. The number of alkyl halides is 3. The predicted molar refractivity (Wildman–Crippen MR) is 123 cm³/mol. The highest BCUT2D eigenvalue weighted by atomic mass is 32.1. The molecule has 0 saturated heterocycles. The van der Waals surface area contributed by atoms with Crippen LogP contribution in [-0.4, -0.2) is 45.8 Å². The van der Waals surface area contributed by atoms with Crippen LogP contribution in [0.25, 0.3) is 5.57 Å². The minimum atomic E-state index is -4.97. The molecule has 190 valence electrons. The molecule has 2 N–H and O–H groups in total. The van der Waals surface area contributed by atoms with Crippen LogP contribution in [-0.2, 0) is 9.53 Å². The molecule has 1 aliphatic carbocycles. The van der Waals surface area contributed by atoms with E-state index in [1.807, 2.05) is 12.1 Å². The molecule has 14 heteroatoms. The van der Waals surface area contributed by atoms with Crippen molar-refractivity contribution in [1.29, 1.82) is 0 Å². The second kappa shape index (κ2) is 11.0. The van der Waals surface area contributed by atoms with Crippen LogP contribution in [0.3, 0.4) is 0 Å². The normalized spacial score (nSPS) is 16.7. The molecule has 1 unspecified atom stereocenters. The van der Waals surface area contributed by atoms with Crippen molar-refractivity contribution in [2.45, 2.75) is 37.8 Å². The molecule has 4 rings (SSSR count). The fourth-order valence-electron chi connectivity index (χ4n) is 3.64. The van der Waals surface area contributed by atoms with Crippen molar-refractivity contribution < 1.29 is 31.8 Å². The molecule has 2 aromatic heterocycles. The Kier molecular flexibility index (Phi) is 7.74. The van der Waals surface area contributed by atoms with Gasteiger partial charge in [-0.25, -0.2) is 4.39 Å². The summed E-state index contributed by atoms with van der Waals surface area (Å²) in [5.41, 5.74) is 1.54. The van der Waals surface area contributed by atoms with Gasteiger partial charge < -0.3 is 14.8 Å². The van der Waals surface area contributed by atoms with Crippen molar-refractivity contribution in [3.8, 4) is 5.75 Å². The Labute approximate surface area is 206 Å². The second-order valence-corrected chi connectivity index (χ2v) is 8.68. The van der Waals surface area contributed by atoms with Crippen molar-refractivity contribution in [1.82, 2.24) is 20.4 Å². The summed E-state index contributed by atoms with van der Waals surface area (Å²) in [6.07, 6.45) is -0.459. The number of rotatable bonds is 8. The summed E-state index contributed by atoms with van der Waals surface area (Å²) in [5, 5.41) is 22.2. The van der Waals surface area contributed by atoms with E-state index in [1.54, 1.807) is 6.20 Å².